The maximum absolute atomic E-state index is 12.4. The average Bonchev–Trinajstić information content (AvgIpc) is 3.09. The molecule has 3 saturated carbocycles. The second kappa shape index (κ2) is 9.32. The summed E-state index contributed by atoms with van der Waals surface area (Å²) in [6.07, 6.45) is 9.07. The number of oxime groups is 1. The van der Waals surface area contributed by atoms with Gasteiger partial charge in [-0.1, -0.05) is 24.6 Å². The molecule has 194 valence electrons. The fourth-order valence-corrected chi connectivity index (χ4v) is 7.83. The van der Waals surface area contributed by atoms with Crippen molar-refractivity contribution in [2.45, 2.75) is 83.8 Å². The number of allylic oxidation sites excluding steroid dienone is 2. The van der Waals surface area contributed by atoms with Gasteiger partial charge in [0, 0.05) is 5.41 Å². The molecule has 4 unspecified atom stereocenters. The Morgan fingerprint density at radius 2 is 1.86 bits per heavy atom. The van der Waals surface area contributed by atoms with Crippen molar-refractivity contribution in [3.8, 4) is 0 Å². The van der Waals surface area contributed by atoms with E-state index >= 15 is 0 Å². The second-order valence-corrected chi connectivity index (χ2v) is 11.4. The van der Waals surface area contributed by atoms with Gasteiger partial charge in [-0.15, -0.1) is 0 Å². The average molecular weight is 491 g/mol. The van der Waals surface area contributed by atoms with Gasteiger partial charge in [0.25, 0.3) is 5.91 Å². The molecular formula is C26H38N2O7. The topological polar surface area (TPSA) is 146 Å². The number of nitrogens with one attached hydrogen (secondary N) is 1. The van der Waals surface area contributed by atoms with E-state index < -0.39 is 36.7 Å². The lowest BCUT2D eigenvalue weighted by molar-refractivity contribution is -0.159. The Morgan fingerprint density at radius 3 is 2.51 bits per heavy atom. The predicted molar refractivity (Wildman–Crippen MR) is 127 cm³/mol. The third-order valence-electron chi connectivity index (χ3n) is 9.90. The monoisotopic (exact) mass is 490 g/mol. The van der Waals surface area contributed by atoms with Gasteiger partial charge in [0.05, 0.1) is 12.3 Å². The fraction of sp³-hybridized carbons (Fsp3) is 0.769. The van der Waals surface area contributed by atoms with E-state index in [1.807, 2.05) is 0 Å². The summed E-state index contributed by atoms with van der Waals surface area (Å²) in [5, 5.41) is 35.5. The van der Waals surface area contributed by atoms with Gasteiger partial charge in [-0.2, -0.15) is 0 Å². The van der Waals surface area contributed by atoms with Crippen LogP contribution in [-0.4, -0.2) is 63.5 Å². The van der Waals surface area contributed by atoms with Crippen molar-refractivity contribution in [3.63, 3.8) is 0 Å². The normalized spacial score (nSPS) is 40.1. The highest BCUT2D eigenvalue weighted by Crippen LogP contribution is 2.67. The lowest BCUT2D eigenvalue weighted by Crippen LogP contribution is -2.57. The summed E-state index contributed by atoms with van der Waals surface area (Å²) in [5.41, 5.74) is 0.632. The molecule has 0 heterocycles. The molecule has 35 heavy (non-hydrogen) atoms. The summed E-state index contributed by atoms with van der Waals surface area (Å²) in [5.74, 6) is -0.696. The third kappa shape index (κ3) is 4.20. The van der Waals surface area contributed by atoms with Crippen LogP contribution in [-0.2, 0) is 19.2 Å². The van der Waals surface area contributed by atoms with E-state index in [-0.39, 0.29) is 16.6 Å². The van der Waals surface area contributed by atoms with Crippen LogP contribution in [0.15, 0.2) is 16.8 Å². The number of carbonyl (C=O) groups is 3. The molecule has 0 bridgehead atoms. The molecule has 0 spiro atoms. The number of aliphatic hydroxyl groups excluding tert-OH is 1. The highest BCUT2D eigenvalue weighted by Gasteiger charge is 2.65. The SMILES string of the molecule is CC(=O)[C@@]1(O)CCC2C3CCC4=CC(=NOCC(=O)NC(CO)C(=O)O)CC[C@]4(C)C3CC[C@@]21C. The first-order valence-electron chi connectivity index (χ1n) is 12.7. The number of Topliss-reactive ketones (excluding diaryl/α,β-unsaturated/α-hetero) is 1. The first-order chi connectivity index (χ1) is 16.5. The Bertz CT molecular complexity index is 961. The first kappa shape index (κ1) is 25.8. The molecule has 3 fully saturated rings. The largest absolute Gasteiger partial charge is 0.480 e. The standard InChI is InChI=1S/C26H38N2O7/c1-15(30)26(34)11-8-20-18-5-4-16-12-17(28-35-14-22(31)27-21(13-29)23(32)33)6-9-24(16,2)19(18)7-10-25(20,26)3/h12,18-21,29,34H,4-11,13-14H2,1-3H3,(H,27,31)(H,32,33)/t18?,19?,20?,21?,24-,25-,26-/m0/s1. The van der Waals surface area contributed by atoms with Crippen LogP contribution in [0.2, 0.25) is 0 Å². The van der Waals surface area contributed by atoms with Gasteiger partial charge in [0.2, 0.25) is 0 Å². The molecule has 4 aliphatic rings. The summed E-state index contributed by atoms with van der Waals surface area (Å²) in [4.78, 5) is 40.4. The summed E-state index contributed by atoms with van der Waals surface area (Å²) in [6, 6.07) is -1.37. The van der Waals surface area contributed by atoms with Gasteiger partial charge in [-0.05, 0) is 87.5 Å². The maximum atomic E-state index is 12.4. The van der Waals surface area contributed by atoms with Crippen molar-refractivity contribution in [1.82, 2.24) is 5.32 Å². The molecule has 4 rings (SSSR count). The van der Waals surface area contributed by atoms with Crippen molar-refractivity contribution in [2.75, 3.05) is 13.2 Å². The Labute approximate surface area is 206 Å². The minimum Gasteiger partial charge on any atom is -0.480 e. The first-order valence-corrected chi connectivity index (χ1v) is 12.7. The number of hydrogen-bond acceptors (Lipinski definition) is 7. The second-order valence-electron chi connectivity index (χ2n) is 11.4. The molecule has 7 atom stereocenters. The number of hydrogen-bond donors (Lipinski definition) is 4. The highest BCUT2D eigenvalue weighted by molar-refractivity contribution is 5.96. The van der Waals surface area contributed by atoms with Crippen LogP contribution in [0.5, 0.6) is 0 Å². The molecule has 0 aromatic rings. The lowest BCUT2D eigenvalue weighted by atomic mass is 9.46. The molecule has 0 saturated heterocycles. The number of ketones is 1. The Balaban J connectivity index is 1.43. The van der Waals surface area contributed by atoms with Gasteiger partial charge in [0.1, 0.15) is 11.6 Å². The van der Waals surface area contributed by atoms with Gasteiger partial charge in [0.15, 0.2) is 12.4 Å². The van der Waals surface area contributed by atoms with Crippen LogP contribution in [0.4, 0.5) is 0 Å². The smallest absolute Gasteiger partial charge is 0.328 e. The number of carbonyl (C=O) groups excluding carboxylic acids is 2. The Hall–Kier alpha value is -2.26. The number of amides is 1. The van der Waals surface area contributed by atoms with Crippen molar-refractivity contribution in [2.24, 2.45) is 33.7 Å². The summed E-state index contributed by atoms with van der Waals surface area (Å²) < 4.78 is 0. The zero-order chi connectivity index (χ0) is 25.6. The van der Waals surface area contributed by atoms with Crippen molar-refractivity contribution in [3.05, 3.63) is 11.6 Å². The minimum absolute atomic E-state index is 0.0490. The Morgan fingerprint density at radius 1 is 1.14 bits per heavy atom. The van der Waals surface area contributed by atoms with E-state index in [4.69, 9.17) is 15.1 Å². The van der Waals surface area contributed by atoms with Crippen molar-refractivity contribution in [1.29, 1.82) is 0 Å². The number of aliphatic hydroxyl groups is 2. The molecular weight excluding hydrogens is 452 g/mol. The van der Waals surface area contributed by atoms with Gasteiger partial charge >= 0.3 is 5.97 Å². The van der Waals surface area contributed by atoms with Crippen LogP contribution in [0.3, 0.4) is 0 Å². The molecule has 0 aromatic heterocycles. The van der Waals surface area contributed by atoms with Crippen molar-refractivity contribution >= 4 is 23.4 Å². The molecule has 9 heteroatoms. The number of nitrogens with zero attached hydrogens (tertiary/aromatic N) is 1. The van der Waals surface area contributed by atoms with E-state index in [2.05, 4.69) is 30.4 Å². The van der Waals surface area contributed by atoms with E-state index in [0.717, 1.165) is 50.7 Å². The van der Waals surface area contributed by atoms with Crippen LogP contribution in [0, 0.1) is 28.6 Å². The lowest BCUT2D eigenvalue weighted by Gasteiger charge is -2.59. The molecule has 4 aliphatic carbocycles. The van der Waals surface area contributed by atoms with Gasteiger partial charge < -0.3 is 25.5 Å². The number of fused-ring (bicyclic) bond motifs is 5. The molecule has 1 amide bonds. The van der Waals surface area contributed by atoms with Gasteiger partial charge in [-0.3, -0.25) is 9.59 Å². The highest BCUT2D eigenvalue weighted by atomic mass is 16.6. The zero-order valence-corrected chi connectivity index (χ0v) is 20.9. The number of aliphatic carboxylic acids is 1. The Kier molecular flexibility index (Phi) is 6.87. The summed E-state index contributed by atoms with van der Waals surface area (Å²) >= 11 is 0. The van der Waals surface area contributed by atoms with Crippen molar-refractivity contribution < 1.29 is 34.5 Å². The van der Waals surface area contributed by atoms with Crippen LogP contribution < -0.4 is 5.32 Å². The molecule has 0 aliphatic heterocycles. The summed E-state index contributed by atoms with van der Waals surface area (Å²) in [6.45, 7) is 4.90. The van der Waals surface area contributed by atoms with Crippen LogP contribution in [0.1, 0.15) is 72.1 Å². The van der Waals surface area contributed by atoms with Gasteiger partial charge in [-0.25, -0.2) is 4.79 Å². The van der Waals surface area contributed by atoms with E-state index in [1.165, 1.54) is 12.5 Å². The fourth-order valence-electron chi connectivity index (χ4n) is 7.83. The van der Waals surface area contributed by atoms with E-state index in [0.29, 0.717) is 24.2 Å². The maximum Gasteiger partial charge on any atom is 0.328 e. The number of rotatable bonds is 7. The number of carboxylic acid groups (broad SMARTS) is 1. The summed E-state index contributed by atoms with van der Waals surface area (Å²) in [7, 11) is 0. The quantitative estimate of drug-likeness (QED) is 0.400. The van der Waals surface area contributed by atoms with Crippen LogP contribution >= 0.6 is 0 Å². The molecule has 4 N–H and O–H groups in total. The number of carboxylic acids is 1. The molecule has 9 nitrogen and oxygen atoms in total. The predicted octanol–water partition coefficient (Wildman–Crippen LogP) is 2.20. The van der Waals surface area contributed by atoms with Crippen LogP contribution in [0.25, 0.3) is 0 Å². The molecule has 0 radical (unpaired) electrons. The molecule has 0 aromatic carbocycles. The minimum atomic E-state index is -1.37. The van der Waals surface area contributed by atoms with E-state index in [9.17, 15) is 19.5 Å². The van der Waals surface area contributed by atoms with E-state index in [1.54, 1.807) is 0 Å². The zero-order valence-electron chi connectivity index (χ0n) is 20.9. The third-order valence-corrected chi connectivity index (χ3v) is 9.90.